The number of aromatic nitrogens is 3. The van der Waals surface area contributed by atoms with Gasteiger partial charge in [-0.25, -0.2) is 0 Å². The Morgan fingerprint density at radius 2 is 2.11 bits per heavy atom. The Balaban J connectivity index is 1.39. The Morgan fingerprint density at radius 3 is 2.84 bits per heavy atom. The quantitative estimate of drug-likeness (QED) is 0.287. The number of carbonyl (C=O) groups excluding carboxylic acids is 1. The molecule has 0 radical (unpaired) electrons. The van der Waals surface area contributed by atoms with E-state index in [0.29, 0.717) is 29.2 Å². The van der Waals surface area contributed by atoms with Gasteiger partial charge in [-0.2, -0.15) is 0 Å². The van der Waals surface area contributed by atoms with Crippen molar-refractivity contribution in [2.45, 2.75) is 48.9 Å². The molecule has 0 aromatic carbocycles. The van der Waals surface area contributed by atoms with Crippen molar-refractivity contribution >= 4 is 36.7 Å². The summed E-state index contributed by atoms with van der Waals surface area (Å²) in [6, 6.07) is 6.28. The number of aliphatic hydroxyl groups excluding tert-OH is 1. The van der Waals surface area contributed by atoms with Gasteiger partial charge in [-0.1, -0.05) is 0 Å². The minimum absolute atomic E-state index is 0.00486. The van der Waals surface area contributed by atoms with Crippen LogP contribution in [0.15, 0.2) is 36.8 Å². The van der Waals surface area contributed by atoms with Crippen LogP contribution in [-0.2, 0) is 7.05 Å². The zero-order chi connectivity index (χ0) is 26.9. The van der Waals surface area contributed by atoms with Crippen LogP contribution in [0.1, 0.15) is 41.6 Å². The molecule has 5 heterocycles. The number of anilines is 1. The molecule has 2 bridgehead atoms. The Kier molecular flexibility index (Phi) is 7.73. The Bertz CT molecular complexity index is 1370. The average molecular weight is 594 g/mol. The fourth-order valence-electron chi connectivity index (χ4n) is 5.61. The van der Waals surface area contributed by atoms with Crippen molar-refractivity contribution in [1.82, 2.24) is 24.4 Å². The van der Waals surface area contributed by atoms with Gasteiger partial charge in [0.15, 0.2) is 0 Å². The van der Waals surface area contributed by atoms with Gasteiger partial charge in [0.1, 0.15) is 0 Å². The Morgan fingerprint density at radius 1 is 1.29 bits per heavy atom. The number of amides is 1. The first kappa shape index (κ1) is 26.6. The molecule has 8 nitrogen and oxygen atoms in total. The van der Waals surface area contributed by atoms with Crippen molar-refractivity contribution in [2.75, 3.05) is 25.0 Å². The van der Waals surface area contributed by atoms with E-state index in [1.807, 2.05) is 6.07 Å². The maximum atomic E-state index is 13.6. The number of piperidine rings is 1. The number of nitrogens with one attached hydrogen (secondary N) is 2. The molecule has 3 aromatic rings. The van der Waals surface area contributed by atoms with Crippen molar-refractivity contribution < 1.29 is 23.1 Å². The van der Waals surface area contributed by atoms with Crippen molar-refractivity contribution in [3.63, 3.8) is 0 Å². The first-order valence-corrected chi connectivity index (χ1v) is 14.2. The molecule has 3 atom stereocenters. The Hall–Kier alpha value is -2.97. The number of fused-ring (bicyclic) bond motifs is 3. The fraction of sp³-hybridized carbons (Fsp3) is 0.462. The number of nitrogens with zero attached hydrogens (tertiary/aromatic N) is 4. The van der Waals surface area contributed by atoms with Gasteiger partial charge in [-0.05, 0) is 0 Å². The summed E-state index contributed by atoms with van der Waals surface area (Å²) < 4.78 is 43.9. The first-order chi connectivity index (χ1) is 18.2. The molecule has 2 fully saturated rings. The predicted molar refractivity (Wildman–Crippen MR) is 139 cm³/mol. The number of rotatable bonds is 7. The van der Waals surface area contributed by atoms with Crippen molar-refractivity contribution in [3.05, 3.63) is 47.9 Å². The topological polar surface area (TPSA) is 86.8 Å². The van der Waals surface area contributed by atoms with E-state index in [1.54, 1.807) is 36.0 Å². The minimum atomic E-state index is -4.34. The second-order valence-electron chi connectivity index (χ2n) is 9.56. The van der Waals surface area contributed by atoms with E-state index in [2.05, 4.69) is 32.5 Å². The molecule has 202 valence electrons. The molecule has 0 aliphatic carbocycles. The third kappa shape index (κ3) is 5.71. The monoisotopic (exact) mass is 594 g/mol. The molecule has 0 unspecified atom stereocenters. The molecule has 2 aliphatic rings. The van der Waals surface area contributed by atoms with Gasteiger partial charge in [-0.15, -0.1) is 0 Å². The number of carbonyl (C=O) groups is 1. The van der Waals surface area contributed by atoms with Gasteiger partial charge in [0.25, 0.3) is 0 Å². The van der Waals surface area contributed by atoms with Gasteiger partial charge in [-0.3, -0.25) is 0 Å². The number of aliphatic hydroxyl groups is 1. The molecular formula is C26H29F3N6O2Se. The maximum absolute atomic E-state index is 13.6. The Labute approximate surface area is 224 Å². The van der Waals surface area contributed by atoms with Crippen LogP contribution in [0, 0.1) is 11.8 Å². The normalized spacial score (nSPS) is 21.3. The van der Waals surface area contributed by atoms with Crippen LogP contribution in [0.5, 0.6) is 0 Å². The SMILES string of the molecule is Cn1cc(C(=O)NCC#Cc2cc3c(N[C@@H]4CC[C@@H]5CC[C@H]4N5CCO)cccn3c2[Se]C(F)(F)F)cn1. The number of aryl methyl sites for hydroxylation is 1. The zero-order valence-electron chi connectivity index (χ0n) is 20.8. The number of hydrogen-bond donors (Lipinski definition) is 3. The number of pyridine rings is 1. The summed E-state index contributed by atoms with van der Waals surface area (Å²) in [5.74, 6) is 5.32. The molecule has 5 rings (SSSR count). The second-order valence-corrected chi connectivity index (χ2v) is 11.8. The summed E-state index contributed by atoms with van der Waals surface area (Å²) in [5.41, 5.74) is 2.10. The molecule has 2 aliphatic heterocycles. The van der Waals surface area contributed by atoms with E-state index in [-0.39, 0.29) is 35.7 Å². The van der Waals surface area contributed by atoms with E-state index in [4.69, 9.17) is 0 Å². The van der Waals surface area contributed by atoms with Crippen LogP contribution in [0.3, 0.4) is 0 Å². The fourth-order valence-corrected chi connectivity index (χ4v) is 7.07. The first-order valence-electron chi connectivity index (χ1n) is 12.5. The third-order valence-corrected chi connectivity index (χ3v) is 8.93. The van der Waals surface area contributed by atoms with Crippen LogP contribution in [0.2, 0.25) is 0 Å². The zero-order valence-corrected chi connectivity index (χ0v) is 22.5. The number of hydrogen-bond acceptors (Lipinski definition) is 5. The van der Waals surface area contributed by atoms with Crippen molar-refractivity contribution in [1.29, 1.82) is 0 Å². The summed E-state index contributed by atoms with van der Waals surface area (Å²) >= 11 is -1.80. The average Bonchev–Trinajstić information content (AvgIpc) is 3.53. The molecule has 0 spiro atoms. The number of alkyl halides is 3. The standard InChI is InChI=1S/C26H29F3N6O2Se/c1-33-16-18(15-31-33)24(37)30-10-2-4-17-14-23-20(5-3-11-35(23)25(17)38-26(27,28)29)32-21-8-6-19-7-9-22(21)34(19)12-13-36/h3,5,11,14-16,19,21-22,32,36H,6-10,12-13H2,1H3,(H,30,37)/t19-,21-,22-/m1/s1. The molecule has 38 heavy (non-hydrogen) atoms. The summed E-state index contributed by atoms with van der Waals surface area (Å²) in [4.78, 5) is 14.6. The van der Waals surface area contributed by atoms with Crippen LogP contribution >= 0.6 is 0 Å². The van der Waals surface area contributed by atoms with Crippen LogP contribution in [0.25, 0.3) is 5.52 Å². The van der Waals surface area contributed by atoms with E-state index in [9.17, 15) is 23.1 Å². The van der Waals surface area contributed by atoms with Gasteiger partial charge < -0.3 is 0 Å². The summed E-state index contributed by atoms with van der Waals surface area (Å²) in [6.45, 7) is 0.745. The molecule has 3 N–H and O–H groups in total. The van der Waals surface area contributed by atoms with Crippen LogP contribution in [0.4, 0.5) is 18.9 Å². The predicted octanol–water partition coefficient (Wildman–Crippen LogP) is 1.70. The van der Waals surface area contributed by atoms with E-state index >= 15 is 0 Å². The van der Waals surface area contributed by atoms with Crippen molar-refractivity contribution in [2.24, 2.45) is 7.05 Å². The third-order valence-electron chi connectivity index (χ3n) is 7.17. The summed E-state index contributed by atoms with van der Waals surface area (Å²) in [7, 11) is 1.70. The molecule has 3 aromatic heterocycles. The second kappa shape index (κ2) is 11.0. The molecule has 1 amide bonds. The van der Waals surface area contributed by atoms with Gasteiger partial charge in [0.2, 0.25) is 0 Å². The van der Waals surface area contributed by atoms with E-state index in [0.717, 1.165) is 31.4 Å². The van der Waals surface area contributed by atoms with E-state index < -0.39 is 20.0 Å². The van der Waals surface area contributed by atoms with Crippen LogP contribution < -0.4 is 15.2 Å². The van der Waals surface area contributed by atoms with Crippen molar-refractivity contribution in [3.8, 4) is 11.8 Å². The van der Waals surface area contributed by atoms with Crippen LogP contribution in [-0.4, -0.2) is 87.9 Å². The summed E-state index contributed by atoms with van der Waals surface area (Å²) in [6.07, 6.45) is 8.79. The molecule has 12 heteroatoms. The molecule has 2 saturated heterocycles. The molecular weight excluding hydrogens is 564 g/mol. The number of halogens is 3. The van der Waals surface area contributed by atoms with Gasteiger partial charge in [0, 0.05) is 0 Å². The summed E-state index contributed by atoms with van der Waals surface area (Å²) in [5, 5.41) is 15.4. The molecule has 0 saturated carbocycles. The van der Waals surface area contributed by atoms with E-state index in [1.165, 1.54) is 10.9 Å². The van der Waals surface area contributed by atoms with Gasteiger partial charge in [0.05, 0.1) is 0 Å². The van der Waals surface area contributed by atoms with Gasteiger partial charge >= 0.3 is 225 Å².